The lowest BCUT2D eigenvalue weighted by atomic mass is 10.1. The smallest absolute Gasteiger partial charge is 0.257 e. The third kappa shape index (κ3) is 3.11. The number of hydrogen-bond donors (Lipinski definition) is 2. The molecule has 0 fully saturated rings. The topological polar surface area (TPSA) is 84.1 Å². The number of aryl methyl sites for hydroxylation is 1. The maximum absolute atomic E-state index is 12.4. The second-order valence-corrected chi connectivity index (χ2v) is 5.08. The first-order valence-corrected chi connectivity index (χ1v) is 6.76. The molecule has 0 radical (unpaired) electrons. The highest BCUT2D eigenvalue weighted by atomic mass is 16.5. The standard InChI is InChI=1S/C15H19N3O3/c1-8-5-6-11-13(19)12(7-16-14(11)17-8)15(20)18-9(2)10(3)21-4/h5-7,9-10H,1-4H3,(H,18,20)(H,16,17,19)/t9-,10?/m0/s1. The molecule has 1 amide bonds. The van der Waals surface area contributed by atoms with Crippen molar-refractivity contribution in [1.29, 1.82) is 0 Å². The number of nitrogens with zero attached hydrogens (tertiary/aromatic N) is 1. The van der Waals surface area contributed by atoms with Crippen LogP contribution in [0.2, 0.25) is 0 Å². The molecule has 2 N–H and O–H groups in total. The third-order valence-corrected chi connectivity index (χ3v) is 3.56. The monoisotopic (exact) mass is 289 g/mol. The number of carbonyl (C=O) groups excluding carboxylic acids is 1. The molecule has 0 aliphatic carbocycles. The van der Waals surface area contributed by atoms with E-state index in [1.165, 1.54) is 6.20 Å². The van der Waals surface area contributed by atoms with Crippen molar-refractivity contribution in [2.75, 3.05) is 7.11 Å². The van der Waals surface area contributed by atoms with Crippen LogP contribution in [0.3, 0.4) is 0 Å². The summed E-state index contributed by atoms with van der Waals surface area (Å²) in [5.74, 6) is -0.421. The van der Waals surface area contributed by atoms with E-state index in [-0.39, 0.29) is 23.1 Å². The highest BCUT2D eigenvalue weighted by Gasteiger charge is 2.18. The second kappa shape index (κ2) is 6.05. The Balaban J connectivity index is 2.34. The maximum atomic E-state index is 12.4. The molecule has 0 bridgehead atoms. The van der Waals surface area contributed by atoms with Crippen molar-refractivity contribution in [2.45, 2.75) is 32.9 Å². The number of ether oxygens (including phenoxy) is 1. The third-order valence-electron chi connectivity index (χ3n) is 3.56. The largest absolute Gasteiger partial charge is 0.380 e. The lowest BCUT2D eigenvalue weighted by Gasteiger charge is -2.19. The zero-order valence-corrected chi connectivity index (χ0v) is 12.6. The Labute approximate surface area is 122 Å². The zero-order chi connectivity index (χ0) is 15.6. The molecular weight excluding hydrogens is 270 g/mol. The molecule has 2 rings (SSSR count). The lowest BCUT2D eigenvalue weighted by Crippen LogP contribution is -2.42. The van der Waals surface area contributed by atoms with E-state index < -0.39 is 5.91 Å². The summed E-state index contributed by atoms with van der Waals surface area (Å²) in [7, 11) is 1.57. The average molecular weight is 289 g/mol. The number of pyridine rings is 2. The molecule has 0 saturated carbocycles. The molecule has 0 spiro atoms. The van der Waals surface area contributed by atoms with E-state index >= 15 is 0 Å². The predicted octanol–water partition coefficient (Wildman–Crippen LogP) is 1.38. The zero-order valence-electron chi connectivity index (χ0n) is 12.6. The highest BCUT2D eigenvalue weighted by molar-refractivity contribution is 5.96. The summed E-state index contributed by atoms with van der Waals surface area (Å²) in [4.78, 5) is 31.7. The average Bonchev–Trinajstić information content (AvgIpc) is 2.46. The van der Waals surface area contributed by atoms with Crippen LogP contribution >= 0.6 is 0 Å². The van der Waals surface area contributed by atoms with Crippen LogP contribution in [-0.4, -0.2) is 35.1 Å². The van der Waals surface area contributed by atoms with Crippen LogP contribution in [0.1, 0.15) is 29.9 Å². The fourth-order valence-corrected chi connectivity index (χ4v) is 1.98. The first-order chi connectivity index (χ1) is 9.93. The minimum absolute atomic E-state index is 0.0725. The summed E-state index contributed by atoms with van der Waals surface area (Å²) in [6.07, 6.45) is 1.26. The maximum Gasteiger partial charge on any atom is 0.257 e. The number of carbonyl (C=O) groups is 1. The SMILES string of the molecule is COC(C)[C@H](C)NC(=O)c1c[nH]c2nc(C)ccc2c1=O. The first kappa shape index (κ1) is 15.2. The quantitative estimate of drug-likeness (QED) is 0.890. The molecule has 2 heterocycles. The number of H-pyrrole nitrogens is 1. The van der Waals surface area contributed by atoms with Crippen LogP contribution in [0.4, 0.5) is 0 Å². The fourth-order valence-electron chi connectivity index (χ4n) is 1.98. The van der Waals surface area contributed by atoms with Crippen molar-refractivity contribution in [3.63, 3.8) is 0 Å². The van der Waals surface area contributed by atoms with E-state index in [2.05, 4.69) is 15.3 Å². The number of methoxy groups -OCH3 is 1. The van der Waals surface area contributed by atoms with Crippen molar-refractivity contribution in [3.8, 4) is 0 Å². The van der Waals surface area contributed by atoms with E-state index in [4.69, 9.17) is 4.74 Å². The molecule has 2 aromatic heterocycles. The summed E-state index contributed by atoms with van der Waals surface area (Å²) < 4.78 is 5.15. The molecule has 6 heteroatoms. The van der Waals surface area contributed by atoms with Gasteiger partial charge in [0, 0.05) is 19.0 Å². The number of aromatic nitrogens is 2. The molecule has 21 heavy (non-hydrogen) atoms. The molecule has 0 saturated heterocycles. The van der Waals surface area contributed by atoms with Gasteiger partial charge in [0.05, 0.1) is 17.5 Å². The molecule has 6 nitrogen and oxygen atoms in total. The van der Waals surface area contributed by atoms with Crippen molar-refractivity contribution >= 4 is 16.9 Å². The summed E-state index contributed by atoms with van der Waals surface area (Å²) >= 11 is 0. The second-order valence-electron chi connectivity index (χ2n) is 5.08. The van der Waals surface area contributed by atoms with Crippen LogP contribution in [0, 0.1) is 6.92 Å². The van der Waals surface area contributed by atoms with Gasteiger partial charge in [-0.1, -0.05) is 0 Å². The summed E-state index contributed by atoms with van der Waals surface area (Å²) in [5, 5.41) is 3.16. The van der Waals surface area contributed by atoms with Gasteiger partial charge in [0.2, 0.25) is 5.43 Å². The molecule has 1 unspecified atom stereocenters. The number of fused-ring (bicyclic) bond motifs is 1. The normalized spacial score (nSPS) is 13.9. The summed E-state index contributed by atoms with van der Waals surface area (Å²) in [6, 6.07) is 3.22. The van der Waals surface area contributed by atoms with Crippen LogP contribution in [0.15, 0.2) is 23.1 Å². The van der Waals surface area contributed by atoms with Gasteiger partial charge in [-0.3, -0.25) is 9.59 Å². The van der Waals surface area contributed by atoms with E-state index in [0.717, 1.165) is 5.69 Å². The highest BCUT2D eigenvalue weighted by Crippen LogP contribution is 2.07. The van der Waals surface area contributed by atoms with Crippen LogP contribution < -0.4 is 10.7 Å². The van der Waals surface area contributed by atoms with E-state index in [9.17, 15) is 9.59 Å². The van der Waals surface area contributed by atoms with E-state index in [1.807, 2.05) is 20.8 Å². The van der Waals surface area contributed by atoms with Crippen LogP contribution in [0.5, 0.6) is 0 Å². The molecular formula is C15H19N3O3. The molecule has 112 valence electrons. The van der Waals surface area contributed by atoms with Crippen LogP contribution in [-0.2, 0) is 4.74 Å². The Hall–Kier alpha value is -2.21. The summed E-state index contributed by atoms with van der Waals surface area (Å²) in [5.41, 5.74) is 1.03. The number of aromatic amines is 1. The van der Waals surface area contributed by atoms with Gasteiger partial charge in [0.1, 0.15) is 11.2 Å². The van der Waals surface area contributed by atoms with Crippen molar-refractivity contribution in [3.05, 3.63) is 39.8 Å². The molecule has 0 aliphatic rings. The Morgan fingerprint density at radius 3 is 2.76 bits per heavy atom. The minimum Gasteiger partial charge on any atom is -0.380 e. The van der Waals surface area contributed by atoms with Gasteiger partial charge in [-0.15, -0.1) is 0 Å². The number of hydrogen-bond acceptors (Lipinski definition) is 4. The Bertz CT molecular complexity index is 724. The molecule has 2 atom stereocenters. The van der Waals surface area contributed by atoms with Crippen molar-refractivity contribution < 1.29 is 9.53 Å². The molecule has 0 aromatic carbocycles. The number of rotatable bonds is 4. The predicted molar refractivity (Wildman–Crippen MR) is 80.5 cm³/mol. The Kier molecular flexibility index (Phi) is 4.37. The molecule has 2 aromatic rings. The van der Waals surface area contributed by atoms with Crippen molar-refractivity contribution in [2.24, 2.45) is 0 Å². The van der Waals surface area contributed by atoms with E-state index in [1.54, 1.807) is 19.2 Å². The molecule has 0 aliphatic heterocycles. The van der Waals surface area contributed by atoms with Gasteiger partial charge in [0.25, 0.3) is 5.91 Å². The van der Waals surface area contributed by atoms with Gasteiger partial charge < -0.3 is 15.0 Å². The number of nitrogens with one attached hydrogen (secondary N) is 2. The van der Waals surface area contributed by atoms with Gasteiger partial charge in [0.15, 0.2) is 0 Å². The van der Waals surface area contributed by atoms with E-state index in [0.29, 0.717) is 11.0 Å². The number of amides is 1. The van der Waals surface area contributed by atoms with Gasteiger partial charge in [-0.05, 0) is 32.9 Å². The summed E-state index contributed by atoms with van der Waals surface area (Å²) in [6.45, 7) is 5.51. The minimum atomic E-state index is -0.421. The Morgan fingerprint density at radius 1 is 1.38 bits per heavy atom. The lowest BCUT2D eigenvalue weighted by molar-refractivity contribution is 0.0734. The van der Waals surface area contributed by atoms with Gasteiger partial charge >= 0.3 is 0 Å². The fraction of sp³-hybridized carbons (Fsp3) is 0.400. The first-order valence-electron chi connectivity index (χ1n) is 6.76. The van der Waals surface area contributed by atoms with Crippen molar-refractivity contribution in [1.82, 2.24) is 15.3 Å². The Morgan fingerprint density at radius 2 is 2.10 bits per heavy atom. The van der Waals surface area contributed by atoms with Crippen LogP contribution in [0.25, 0.3) is 11.0 Å². The van der Waals surface area contributed by atoms with Gasteiger partial charge in [-0.25, -0.2) is 4.98 Å². The van der Waals surface area contributed by atoms with Gasteiger partial charge in [-0.2, -0.15) is 0 Å².